The van der Waals surface area contributed by atoms with Crippen LogP contribution in [-0.2, 0) is 11.0 Å². The highest BCUT2D eigenvalue weighted by molar-refractivity contribution is 8.24. The average Bonchev–Trinajstić information content (AvgIpc) is 3.63. The molecule has 3 fully saturated rings. The molecule has 0 radical (unpaired) electrons. The van der Waals surface area contributed by atoms with E-state index in [1.807, 2.05) is 24.3 Å². The summed E-state index contributed by atoms with van der Waals surface area (Å²) in [4.78, 5) is 21.0. The molecule has 9 nitrogen and oxygen atoms in total. The molecular weight excluding hydrogens is 620 g/mol. The standard InChI is InChI=1S/C29H30F4N6O3S2/c30-18-3-6-20(21(15-18)26(40)36-28(16-34)9-10-28)24-25(43-27(35-24)22-7-8-23(38-37-22)29(31,32)33)17-1-4-19(5-2-17)39-11-13-44(41,42)14-12-39/h1-2,4-5,7-8,18,20-21,41-42H,3,6,9-15H2,(H,36,40)/t18-,20+,21+/m0/s1. The Morgan fingerprint density at radius 1 is 1.09 bits per heavy atom. The molecular formula is C29H30F4N6O3S2. The van der Waals surface area contributed by atoms with E-state index in [4.69, 9.17) is 4.98 Å². The van der Waals surface area contributed by atoms with Gasteiger partial charge in [0.15, 0.2) is 5.69 Å². The predicted molar refractivity (Wildman–Crippen MR) is 159 cm³/mol. The van der Waals surface area contributed by atoms with Crippen LogP contribution in [0.15, 0.2) is 36.4 Å². The van der Waals surface area contributed by atoms with Gasteiger partial charge in [0.1, 0.15) is 22.4 Å². The van der Waals surface area contributed by atoms with Crippen LogP contribution < -0.4 is 10.2 Å². The highest BCUT2D eigenvalue weighted by atomic mass is 32.3. The minimum absolute atomic E-state index is 0.0303. The topological polar surface area (TPSA) is 135 Å². The van der Waals surface area contributed by atoms with Crippen LogP contribution in [0.5, 0.6) is 0 Å². The fraction of sp³-hybridized carbons (Fsp3) is 0.483. The third-order valence-electron chi connectivity index (χ3n) is 8.50. The number of alkyl halides is 4. The van der Waals surface area contributed by atoms with Gasteiger partial charge in [-0.1, -0.05) is 12.1 Å². The Bertz CT molecular complexity index is 1560. The van der Waals surface area contributed by atoms with Crippen LogP contribution in [0.4, 0.5) is 23.2 Å². The first-order chi connectivity index (χ1) is 20.9. The van der Waals surface area contributed by atoms with Gasteiger partial charge in [0.2, 0.25) is 5.91 Å². The number of hydrogen-bond donors (Lipinski definition) is 3. The third-order valence-corrected chi connectivity index (χ3v) is 11.3. The number of nitrogens with one attached hydrogen (secondary N) is 1. The van der Waals surface area contributed by atoms with Crippen LogP contribution in [0.1, 0.15) is 49.4 Å². The summed E-state index contributed by atoms with van der Waals surface area (Å²) in [5, 5.41) is 19.8. The van der Waals surface area contributed by atoms with Gasteiger partial charge < -0.3 is 10.2 Å². The summed E-state index contributed by atoms with van der Waals surface area (Å²) >= 11 is 1.21. The normalized spacial score (nSPS) is 25.1. The van der Waals surface area contributed by atoms with Gasteiger partial charge in [-0.15, -0.1) is 21.5 Å². The minimum Gasteiger partial charge on any atom is -0.368 e. The fourth-order valence-electron chi connectivity index (χ4n) is 5.76. The second-order valence-electron chi connectivity index (χ2n) is 11.6. The van der Waals surface area contributed by atoms with Crippen molar-refractivity contribution in [2.45, 2.75) is 55.9 Å². The van der Waals surface area contributed by atoms with Crippen molar-refractivity contribution < 1.29 is 31.5 Å². The van der Waals surface area contributed by atoms with E-state index < -0.39 is 51.9 Å². The largest absolute Gasteiger partial charge is 0.435 e. The number of carbonyl (C=O) groups excluding carboxylic acids is 1. The zero-order valence-electron chi connectivity index (χ0n) is 23.4. The van der Waals surface area contributed by atoms with E-state index in [2.05, 4.69) is 26.5 Å². The predicted octanol–water partition coefficient (Wildman–Crippen LogP) is 6.25. The molecule has 2 aromatic heterocycles. The highest BCUT2D eigenvalue weighted by Crippen LogP contribution is 2.47. The van der Waals surface area contributed by atoms with Crippen LogP contribution in [-0.4, -0.2) is 66.5 Å². The average molecular weight is 651 g/mol. The van der Waals surface area contributed by atoms with Gasteiger partial charge in [0, 0.05) is 30.6 Å². The monoisotopic (exact) mass is 650 g/mol. The molecule has 3 atom stereocenters. The maximum Gasteiger partial charge on any atom is 0.435 e. The van der Waals surface area contributed by atoms with Crippen LogP contribution in [0.3, 0.4) is 0 Å². The Kier molecular flexibility index (Phi) is 8.06. The number of amides is 1. The van der Waals surface area contributed by atoms with E-state index in [9.17, 15) is 36.7 Å². The van der Waals surface area contributed by atoms with Gasteiger partial charge in [0.25, 0.3) is 0 Å². The van der Waals surface area contributed by atoms with E-state index in [0.29, 0.717) is 59.4 Å². The highest BCUT2D eigenvalue weighted by Gasteiger charge is 2.48. The number of nitriles is 1. The summed E-state index contributed by atoms with van der Waals surface area (Å²) in [6.07, 6.45) is -4.25. The van der Waals surface area contributed by atoms with Crippen LogP contribution in [0, 0.1) is 17.2 Å². The Labute approximate surface area is 256 Å². The van der Waals surface area contributed by atoms with E-state index in [-0.39, 0.29) is 18.5 Å². The maximum atomic E-state index is 14.7. The molecule has 1 amide bonds. The fourth-order valence-corrected chi connectivity index (χ4v) is 8.10. The zero-order valence-corrected chi connectivity index (χ0v) is 25.1. The van der Waals surface area contributed by atoms with Crippen molar-refractivity contribution in [2.75, 3.05) is 29.5 Å². The Morgan fingerprint density at radius 3 is 2.39 bits per heavy atom. The van der Waals surface area contributed by atoms with Crippen molar-refractivity contribution in [1.82, 2.24) is 20.5 Å². The summed E-state index contributed by atoms with van der Waals surface area (Å²) < 4.78 is 74.0. The van der Waals surface area contributed by atoms with Gasteiger partial charge in [-0.3, -0.25) is 13.9 Å². The van der Waals surface area contributed by atoms with Crippen LogP contribution >= 0.6 is 21.9 Å². The quantitative estimate of drug-likeness (QED) is 0.267. The van der Waals surface area contributed by atoms with Gasteiger partial charge in [0.05, 0.1) is 28.1 Å². The van der Waals surface area contributed by atoms with Crippen molar-refractivity contribution in [2.24, 2.45) is 5.92 Å². The van der Waals surface area contributed by atoms with E-state index in [1.54, 1.807) is 0 Å². The van der Waals surface area contributed by atoms with Crippen molar-refractivity contribution in [3.63, 3.8) is 0 Å². The minimum atomic E-state index is -4.65. The lowest BCUT2D eigenvalue weighted by molar-refractivity contribution is -0.141. The van der Waals surface area contributed by atoms with Crippen molar-refractivity contribution in [3.8, 4) is 27.2 Å². The first-order valence-electron chi connectivity index (χ1n) is 14.2. The summed E-state index contributed by atoms with van der Waals surface area (Å²) in [5.74, 6) is -1.11. The Hall–Kier alpha value is -3.32. The van der Waals surface area contributed by atoms with E-state index >= 15 is 0 Å². The number of anilines is 1. The molecule has 234 valence electrons. The number of benzene rings is 1. The van der Waals surface area contributed by atoms with E-state index in [1.165, 1.54) is 17.4 Å². The summed E-state index contributed by atoms with van der Waals surface area (Å²) in [6, 6.07) is 11.8. The lowest BCUT2D eigenvalue weighted by atomic mass is 9.75. The van der Waals surface area contributed by atoms with E-state index in [0.717, 1.165) is 17.3 Å². The number of rotatable bonds is 6. The lowest BCUT2D eigenvalue weighted by Gasteiger charge is -2.41. The van der Waals surface area contributed by atoms with Crippen LogP contribution in [0.2, 0.25) is 0 Å². The molecule has 3 aliphatic rings. The molecule has 3 N–H and O–H groups in total. The number of nitrogens with zero attached hydrogens (tertiary/aromatic N) is 5. The smallest absolute Gasteiger partial charge is 0.368 e. The molecule has 0 bridgehead atoms. The molecule has 1 aliphatic heterocycles. The zero-order chi connectivity index (χ0) is 31.3. The van der Waals surface area contributed by atoms with Gasteiger partial charge in [-0.05, 0) is 61.9 Å². The second kappa shape index (κ2) is 11.6. The van der Waals surface area contributed by atoms with Crippen molar-refractivity contribution in [3.05, 3.63) is 47.8 Å². The number of aromatic nitrogens is 3. The van der Waals surface area contributed by atoms with Gasteiger partial charge in [-0.25, -0.2) is 9.37 Å². The maximum absolute atomic E-state index is 14.7. The number of hydrogen-bond acceptors (Lipinski definition) is 9. The molecule has 3 heterocycles. The number of halogens is 4. The number of carbonyl (C=O) groups is 1. The summed E-state index contributed by atoms with van der Waals surface area (Å²) in [5.41, 5.74) is 0.267. The molecule has 15 heteroatoms. The Balaban J connectivity index is 1.36. The van der Waals surface area contributed by atoms with Gasteiger partial charge in [-0.2, -0.15) is 29.0 Å². The Morgan fingerprint density at radius 2 is 1.80 bits per heavy atom. The lowest BCUT2D eigenvalue weighted by Crippen LogP contribution is -2.44. The third kappa shape index (κ3) is 6.39. The summed E-state index contributed by atoms with van der Waals surface area (Å²) in [6.45, 7) is 0.995. The van der Waals surface area contributed by atoms with Crippen molar-refractivity contribution >= 4 is 33.5 Å². The molecule has 3 aromatic rings. The first kappa shape index (κ1) is 30.7. The molecule has 0 unspecified atom stereocenters. The molecule has 6 rings (SSSR count). The summed E-state index contributed by atoms with van der Waals surface area (Å²) in [7, 11) is -2.55. The molecule has 1 saturated heterocycles. The second-order valence-corrected chi connectivity index (χ2v) is 15.0. The SMILES string of the molecule is N#CC1(NC(=O)[C@@H]2C[C@@H](F)CC[C@H]2c2nc(-c3ccc(C(F)(F)F)nn3)sc2-c2ccc(N3CCS(O)(O)CC3)cc2)CC1. The van der Waals surface area contributed by atoms with Crippen LogP contribution in [0.25, 0.3) is 21.1 Å². The molecule has 2 saturated carbocycles. The van der Waals surface area contributed by atoms with Crippen molar-refractivity contribution in [1.29, 1.82) is 5.26 Å². The number of thiazole rings is 1. The molecule has 2 aliphatic carbocycles. The molecule has 1 aromatic carbocycles. The first-order valence-corrected chi connectivity index (χ1v) is 16.9. The van der Waals surface area contributed by atoms with Gasteiger partial charge >= 0.3 is 6.18 Å². The molecule has 0 spiro atoms. The molecule has 44 heavy (non-hydrogen) atoms.